The Morgan fingerprint density at radius 3 is 2.35 bits per heavy atom. The van der Waals surface area contributed by atoms with Gasteiger partial charge >= 0.3 is 0 Å². The first-order valence-corrected chi connectivity index (χ1v) is 11.4. The lowest BCUT2D eigenvalue weighted by Crippen LogP contribution is -2.09. The van der Waals surface area contributed by atoms with Crippen molar-refractivity contribution in [2.75, 3.05) is 0 Å². The molecule has 0 unspecified atom stereocenters. The van der Waals surface area contributed by atoms with Gasteiger partial charge in [0.15, 0.2) is 5.65 Å². The van der Waals surface area contributed by atoms with Crippen molar-refractivity contribution in [3.05, 3.63) is 106 Å². The minimum atomic E-state index is -0.259. The summed E-state index contributed by atoms with van der Waals surface area (Å²) in [7, 11) is 0. The number of rotatable bonds is 3. The second-order valence-electron chi connectivity index (χ2n) is 7.92. The van der Waals surface area contributed by atoms with Crippen LogP contribution in [0.4, 0.5) is 0 Å². The van der Waals surface area contributed by atoms with Gasteiger partial charge in [0.25, 0.3) is 5.56 Å². The van der Waals surface area contributed by atoms with Gasteiger partial charge in [-0.05, 0) is 42.0 Å². The molecule has 0 aliphatic heterocycles. The third kappa shape index (κ3) is 3.46. The smallest absolute Gasteiger partial charge is 0.260 e. The zero-order valence-electron chi connectivity index (χ0n) is 17.6. The zero-order valence-corrected chi connectivity index (χ0v) is 19.2. The molecule has 0 fully saturated rings. The Balaban J connectivity index is 1.76. The van der Waals surface area contributed by atoms with Gasteiger partial charge in [-0.25, -0.2) is 9.97 Å². The number of hydrogen-bond donors (Lipinski definition) is 2. The van der Waals surface area contributed by atoms with E-state index >= 15 is 0 Å². The number of nitrogens with zero attached hydrogens (tertiary/aromatic N) is 2. The number of halogens is 2. The topological polar surface area (TPSA) is 74.4 Å². The first-order chi connectivity index (χ1) is 16.6. The largest absolute Gasteiger partial charge is 0.354 e. The molecule has 0 aliphatic carbocycles. The highest BCUT2D eigenvalue weighted by Gasteiger charge is 2.21. The highest BCUT2D eigenvalue weighted by Crippen LogP contribution is 2.42. The maximum absolute atomic E-state index is 13.0. The van der Waals surface area contributed by atoms with Crippen LogP contribution < -0.4 is 5.56 Å². The van der Waals surface area contributed by atoms with Crippen LogP contribution in [-0.4, -0.2) is 19.9 Å². The molecule has 0 bridgehead atoms. The Kier molecular flexibility index (Phi) is 4.94. The van der Waals surface area contributed by atoms with Crippen LogP contribution in [0.3, 0.4) is 0 Å². The van der Waals surface area contributed by atoms with E-state index in [9.17, 15) is 4.79 Å². The summed E-state index contributed by atoms with van der Waals surface area (Å²) in [6, 6.07) is 25.0. The van der Waals surface area contributed by atoms with E-state index in [-0.39, 0.29) is 5.56 Å². The van der Waals surface area contributed by atoms with E-state index < -0.39 is 0 Å². The molecule has 164 valence electrons. The number of nitrogens with one attached hydrogen (secondary N) is 2. The monoisotopic (exact) mass is 482 g/mol. The quantitative estimate of drug-likeness (QED) is 0.282. The summed E-state index contributed by atoms with van der Waals surface area (Å²) in [4.78, 5) is 28.4. The molecular formula is C27H16Cl2N4O. The van der Waals surface area contributed by atoms with Gasteiger partial charge in [-0.15, -0.1) is 0 Å². The van der Waals surface area contributed by atoms with Crippen LogP contribution in [0, 0.1) is 0 Å². The van der Waals surface area contributed by atoms with Gasteiger partial charge in [0.2, 0.25) is 0 Å². The predicted molar refractivity (Wildman–Crippen MR) is 138 cm³/mol. The molecule has 0 saturated carbocycles. The van der Waals surface area contributed by atoms with Crippen molar-refractivity contribution >= 4 is 45.1 Å². The minimum Gasteiger partial charge on any atom is -0.354 e. The van der Waals surface area contributed by atoms with E-state index in [0.717, 1.165) is 38.9 Å². The summed E-state index contributed by atoms with van der Waals surface area (Å²) in [6.07, 6.45) is 1.37. The van der Waals surface area contributed by atoms with Crippen LogP contribution in [0.15, 0.2) is 90.0 Å². The number of H-pyrrole nitrogens is 2. The average molecular weight is 483 g/mol. The average Bonchev–Trinajstić information content (AvgIpc) is 3.23. The van der Waals surface area contributed by atoms with E-state index in [1.807, 2.05) is 78.9 Å². The zero-order chi connectivity index (χ0) is 23.2. The molecule has 5 nitrogen and oxygen atoms in total. The molecule has 0 atom stereocenters. The Morgan fingerprint density at radius 1 is 0.794 bits per heavy atom. The van der Waals surface area contributed by atoms with Crippen LogP contribution in [0.5, 0.6) is 0 Å². The third-order valence-corrected chi connectivity index (χ3v) is 6.33. The van der Waals surface area contributed by atoms with E-state index in [0.29, 0.717) is 26.8 Å². The molecule has 3 aromatic carbocycles. The molecule has 0 saturated heterocycles. The van der Waals surface area contributed by atoms with Gasteiger partial charge in [-0.1, -0.05) is 65.7 Å². The van der Waals surface area contributed by atoms with Gasteiger partial charge < -0.3 is 9.97 Å². The van der Waals surface area contributed by atoms with Crippen LogP contribution >= 0.6 is 23.2 Å². The van der Waals surface area contributed by atoms with Crippen molar-refractivity contribution in [3.8, 4) is 33.6 Å². The Hall–Kier alpha value is -3.93. The van der Waals surface area contributed by atoms with Gasteiger partial charge in [-0.2, -0.15) is 0 Å². The molecule has 6 aromatic rings. The summed E-state index contributed by atoms with van der Waals surface area (Å²) in [5.74, 6) is 0. The van der Waals surface area contributed by atoms with Crippen LogP contribution in [0.1, 0.15) is 0 Å². The highest BCUT2D eigenvalue weighted by atomic mass is 35.5. The first kappa shape index (κ1) is 20.7. The predicted octanol–water partition coefficient (Wildman–Crippen LogP) is 7.11. The summed E-state index contributed by atoms with van der Waals surface area (Å²) in [5.41, 5.74) is 6.03. The maximum Gasteiger partial charge on any atom is 0.260 e. The van der Waals surface area contributed by atoms with Gasteiger partial charge in [0.05, 0.1) is 23.1 Å². The van der Waals surface area contributed by atoms with E-state index in [1.54, 1.807) is 0 Å². The standard InChI is InChI=1S/C27H16Cl2N4O/c28-17-8-6-15(7-9-17)22-13-20(24-26(33-22)30-14-31-27(24)34)23-19-12-18(29)10-11-21(19)32-25(23)16-4-2-1-3-5-16/h1-14,32H,(H,30,31,33,34). The summed E-state index contributed by atoms with van der Waals surface area (Å²) in [5, 5.41) is 2.56. The number of benzene rings is 3. The minimum absolute atomic E-state index is 0.259. The lowest BCUT2D eigenvalue weighted by Gasteiger charge is -2.11. The molecule has 3 aromatic heterocycles. The summed E-state index contributed by atoms with van der Waals surface area (Å²) in [6.45, 7) is 0. The van der Waals surface area contributed by atoms with Crippen molar-refractivity contribution in [1.29, 1.82) is 0 Å². The molecule has 0 aliphatic rings. The van der Waals surface area contributed by atoms with E-state index in [4.69, 9.17) is 28.2 Å². The fourth-order valence-electron chi connectivity index (χ4n) is 4.30. The summed E-state index contributed by atoms with van der Waals surface area (Å²) < 4.78 is 0. The molecule has 0 radical (unpaired) electrons. The van der Waals surface area contributed by atoms with Crippen molar-refractivity contribution < 1.29 is 0 Å². The SMILES string of the molecule is O=c1[nH]cnc2nc(-c3ccc(Cl)cc3)cc(-c3c(-c4ccccc4)[nH]c4ccc(Cl)cc34)c12. The van der Waals surface area contributed by atoms with Crippen molar-refractivity contribution in [3.63, 3.8) is 0 Å². The second-order valence-corrected chi connectivity index (χ2v) is 8.80. The van der Waals surface area contributed by atoms with Crippen LogP contribution in [-0.2, 0) is 0 Å². The van der Waals surface area contributed by atoms with Crippen molar-refractivity contribution in [1.82, 2.24) is 19.9 Å². The number of fused-ring (bicyclic) bond motifs is 2. The second kappa shape index (κ2) is 8.13. The lowest BCUT2D eigenvalue weighted by molar-refractivity contribution is 1.14. The van der Waals surface area contributed by atoms with Gasteiger partial charge in [0.1, 0.15) is 0 Å². The van der Waals surface area contributed by atoms with Crippen LogP contribution in [0.25, 0.3) is 55.6 Å². The van der Waals surface area contributed by atoms with Crippen molar-refractivity contribution in [2.24, 2.45) is 0 Å². The van der Waals surface area contributed by atoms with E-state index in [1.165, 1.54) is 6.33 Å². The normalized spacial score (nSPS) is 11.4. The molecule has 34 heavy (non-hydrogen) atoms. The Bertz CT molecular complexity index is 1740. The first-order valence-electron chi connectivity index (χ1n) is 10.6. The van der Waals surface area contributed by atoms with Crippen LogP contribution in [0.2, 0.25) is 10.0 Å². The van der Waals surface area contributed by atoms with E-state index in [2.05, 4.69) is 15.0 Å². The molecule has 6 rings (SSSR count). The number of aromatic amines is 2. The van der Waals surface area contributed by atoms with Crippen molar-refractivity contribution in [2.45, 2.75) is 0 Å². The Morgan fingerprint density at radius 2 is 1.56 bits per heavy atom. The van der Waals surface area contributed by atoms with Gasteiger partial charge in [-0.3, -0.25) is 4.79 Å². The molecule has 0 amide bonds. The third-order valence-electron chi connectivity index (χ3n) is 5.84. The molecule has 7 heteroatoms. The summed E-state index contributed by atoms with van der Waals surface area (Å²) >= 11 is 12.5. The fraction of sp³-hybridized carbons (Fsp3) is 0. The fourth-order valence-corrected chi connectivity index (χ4v) is 4.60. The van der Waals surface area contributed by atoms with Gasteiger partial charge in [0, 0.05) is 37.6 Å². The molecular weight excluding hydrogens is 467 g/mol. The molecule has 0 spiro atoms. The molecule has 3 heterocycles. The Labute approximate surface area is 204 Å². The lowest BCUT2D eigenvalue weighted by atomic mass is 9.95. The number of aromatic nitrogens is 4. The number of hydrogen-bond acceptors (Lipinski definition) is 3. The maximum atomic E-state index is 13.0. The highest BCUT2D eigenvalue weighted by molar-refractivity contribution is 6.31. The number of pyridine rings is 1. The molecule has 2 N–H and O–H groups in total.